The summed E-state index contributed by atoms with van der Waals surface area (Å²) in [7, 11) is 0. The Morgan fingerprint density at radius 2 is 1.95 bits per heavy atom. The van der Waals surface area contributed by atoms with E-state index in [-0.39, 0.29) is 0 Å². The Morgan fingerprint density at radius 1 is 1.09 bits per heavy atom. The van der Waals surface area contributed by atoms with E-state index in [0.29, 0.717) is 12.4 Å². The molecule has 2 heterocycles. The smallest absolute Gasteiger partial charge is 0.136 e. The summed E-state index contributed by atoms with van der Waals surface area (Å²) in [5.41, 5.74) is 0.962. The number of aromatic nitrogens is 2. The van der Waals surface area contributed by atoms with Crippen LogP contribution in [-0.4, -0.2) is 9.97 Å². The zero-order valence-electron chi connectivity index (χ0n) is 12.0. The molecule has 0 radical (unpaired) electrons. The summed E-state index contributed by atoms with van der Waals surface area (Å²) in [6.07, 6.45) is 1.66. The summed E-state index contributed by atoms with van der Waals surface area (Å²) in [5, 5.41) is 6.51. The van der Waals surface area contributed by atoms with Crippen LogP contribution in [0.15, 0.2) is 57.6 Å². The van der Waals surface area contributed by atoms with Crippen molar-refractivity contribution in [2.45, 2.75) is 13.5 Å². The lowest BCUT2D eigenvalue weighted by molar-refractivity contribution is 0.518. The molecule has 0 bridgehead atoms. The maximum Gasteiger partial charge on any atom is 0.136 e. The third kappa shape index (κ3) is 3.85. The second-order valence-corrected chi connectivity index (χ2v) is 5.67. The van der Waals surface area contributed by atoms with Gasteiger partial charge in [-0.15, -0.1) is 0 Å². The van der Waals surface area contributed by atoms with Crippen LogP contribution in [0.4, 0.5) is 17.3 Å². The van der Waals surface area contributed by atoms with Crippen LogP contribution >= 0.6 is 15.9 Å². The van der Waals surface area contributed by atoms with Gasteiger partial charge in [0.25, 0.3) is 0 Å². The van der Waals surface area contributed by atoms with E-state index in [0.717, 1.165) is 27.6 Å². The third-order valence-corrected chi connectivity index (χ3v) is 3.45. The minimum atomic E-state index is 0.583. The molecule has 5 nitrogen and oxygen atoms in total. The van der Waals surface area contributed by atoms with Gasteiger partial charge in [-0.05, 0) is 37.3 Å². The number of nitrogens with zero attached hydrogens (tertiary/aromatic N) is 2. The molecule has 2 N–H and O–H groups in total. The van der Waals surface area contributed by atoms with E-state index < -0.39 is 0 Å². The maximum absolute atomic E-state index is 5.30. The molecule has 6 heteroatoms. The predicted molar refractivity (Wildman–Crippen MR) is 90.2 cm³/mol. The fraction of sp³-hybridized carbons (Fsp3) is 0.125. The van der Waals surface area contributed by atoms with Crippen molar-refractivity contribution in [1.29, 1.82) is 0 Å². The van der Waals surface area contributed by atoms with Gasteiger partial charge < -0.3 is 15.1 Å². The van der Waals surface area contributed by atoms with Gasteiger partial charge >= 0.3 is 0 Å². The topological polar surface area (TPSA) is 63.0 Å². The number of nitrogens with one attached hydrogen (secondary N) is 2. The molecule has 22 heavy (non-hydrogen) atoms. The number of anilines is 3. The van der Waals surface area contributed by atoms with Crippen LogP contribution in [0, 0.1) is 6.92 Å². The Hall–Kier alpha value is -2.34. The first-order chi connectivity index (χ1) is 10.7. The third-order valence-electron chi connectivity index (χ3n) is 2.96. The first kappa shape index (κ1) is 14.6. The molecule has 0 aliphatic rings. The van der Waals surface area contributed by atoms with Crippen LogP contribution in [-0.2, 0) is 6.54 Å². The summed E-state index contributed by atoms with van der Waals surface area (Å²) >= 11 is 3.46. The second kappa shape index (κ2) is 6.62. The normalized spacial score (nSPS) is 10.5. The van der Waals surface area contributed by atoms with Gasteiger partial charge in [-0.25, -0.2) is 9.97 Å². The molecule has 3 rings (SSSR count). The summed E-state index contributed by atoms with van der Waals surface area (Å²) in [5.74, 6) is 3.05. The van der Waals surface area contributed by atoms with Crippen molar-refractivity contribution >= 4 is 33.3 Å². The number of rotatable bonds is 5. The lowest BCUT2D eigenvalue weighted by atomic mass is 10.3. The van der Waals surface area contributed by atoms with Gasteiger partial charge in [-0.2, -0.15) is 0 Å². The monoisotopic (exact) mass is 358 g/mol. The van der Waals surface area contributed by atoms with Gasteiger partial charge in [-0.3, -0.25) is 0 Å². The van der Waals surface area contributed by atoms with Crippen LogP contribution in [0.2, 0.25) is 0 Å². The molecule has 2 aromatic heterocycles. The molecule has 0 spiro atoms. The van der Waals surface area contributed by atoms with Crippen LogP contribution in [0.25, 0.3) is 0 Å². The highest BCUT2D eigenvalue weighted by atomic mass is 79.9. The molecule has 0 aliphatic heterocycles. The standard InChI is InChI=1S/C16H15BrN4O/c1-11-19-15(18-10-14-6-3-7-22-14)9-16(20-11)21-13-5-2-4-12(17)8-13/h2-9H,10H2,1H3,(H2,18,19,20,21). The quantitative estimate of drug-likeness (QED) is 0.703. The first-order valence-electron chi connectivity index (χ1n) is 6.83. The minimum absolute atomic E-state index is 0.583. The van der Waals surface area contributed by atoms with Gasteiger partial charge in [-0.1, -0.05) is 22.0 Å². The number of hydrogen-bond acceptors (Lipinski definition) is 5. The fourth-order valence-corrected chi connectivity index (χ4v) is 2.43. The highest BCUT2D eigenvalue weighted by molar-refractivity contribution is 9.10. The Bertz CT molecular complexity index is 759. The Morgan fingerprint density at radius 3 is 2.73 bits per heavy atom. The number of aryl methyl sites for hydroxylation is 1. The lowest BCUT2D eigenvalue weighted by Crippen LogP contribution is -2.04. The van der Waals surface area contributed by atoms with Gasteiger partial charge in [0, 0.05) is 16.2 Å². The SMILES string of the molecule is Cc1nc(NCc2ccco2)cc(Nc2cccc(Br)c2)n1. The van der Waals surface area contributed by atoms with Crippen molar-refractivity contribution < 1.29 is 4.42 Å². The van der Waals surface area contributed by atoms with Crippen molar-refractivity contribution in [3.8, 4) is 0 Å². The molecular weight excluding hydrogens is 344 g/mol. The van der Waals surface area contributed by atoms with E-state index in [1.807, 2.05) is 49.4 Å². The van der Waals surface area contributed by atoms with Gasteiger partial charge in [0.1, 0.15) is 23.2 Å². The van der Waals surface area contributed by atoms with Crippen LogP contribution < -0.4 is 10.6 Å². The Balaban J connectivity index is 1.74. The largest absolute Gasteiger partial charge is 0.467 e. The molecule has 0 atom stereocenters. The summed E-state index contributed by atoms with van der Waals surface area (Å²) in [6.45, 7) is 2.45. The zero-order chi connectivity index (χ0) is 15.4. The first-order valence-corrected chi connectivity index (χ1v) is 7.63. The lowest BCUT2D eigenvalue weighted by Gasteiger charge is -2.10. The van der Waals surface area contributed by atoms with Gasteiger partial charge in [0.15, 0.2) is 0 Å². The molecule has 112 valence electrons. The van der Waals surface area contributed by atoms with E-state index >= 15 is 0 Å². The molecule has 0 fully saturated rings. The number of benzene rings is 1. The van der Waals surface area contributed by atoms with E-state index in [4.69, 9.17) is 4.42 Å². The van der Waals surface area contributed by atoms with E-state index in [9.17, 15) is 0 Å². The molecule has 0 amide bonds. The summed E-state index contributed by atoms with van der Waals surface area (Å²) in [6, 6.07) is 13.6. The molecule has 0 saturated carbocycles. The van der Waals surface area contributed by atoms with Crippen molar-refractivity contribution in [2.24, 2.45) is 0 Å². The summed E-state index contributed by atoms with van der Waals surface area (Å²) < 4.78 is 6.31. The Kier molecular flexibility index (Phi) is 4.39. The molecular formula is C16H15BrN4O. The highest BCUT2D eigenvalue weighted by Crippen LogP contribution is 2.21. The molecule has 0 aliphatic carbocycles. The predicted octanol–water partition coefficient (Wildman–Crippen LogP) is 4.50. The van der Waals surface area contributed by atoms with Crippen LogP contribution in [0.3, 0.4) is 0 Å². The number of furan rings is 1. The summed E-state index contributed by atoms with van der Waals surface area (Å²) in [4.78, 5) is 8.78. The van der Waals surface area contributed by atoms with Crippen molar-refractivity contribution in [2.75, 3.05) is 10.6 Å². The van der Waals surface area contributed by atoms with E-state index in [1.54, 1.807) is 6.26 Å². The van der Waals surface area contributed by atoms with Crippen molar-refractivity contribution in [1.82, 2.24) is 9.97 Å². The van der Waals surface area contributed by atoms with Crippen LogP contribution in [0.5, 0.6) is 0 Å². The Labute approximate surface area is 136 Å². The van der Waals surface area contributed by atoms with Crippen molar-refractivity contribution in [3.63, 3.8) is 0 Å². The van der Waals surface area contributed by atoms with E-state index in [2.05, 4.69) is 36.5 Å². The maximum atomic E-state index is 5.30. The zero-order valence-corrected chi connectivity index (χ0v) is 13.6. The van der Waals surface area contributed by atoms with Crippen molar-refractivity contribution in [3.05, 3.63) is 64.8 Å². The average Bonchev–Trinajstić information content (AvgIpc) is 2.98. The highest BCUT2D eigenvalue weighted by Gasteiger charge is 2.04. The average molecular weight is 359 g/mol. The second-order valence-electron chi connectivity index (χ2n) is 4.75. The van der Waals surface area contributed by atoms with Gasteiger partial charge in [0.05, 0.1) is 12.8 Å². The number of hydrogen-bond donors (Lipinski definition) is 2. The van der Waals surface area contributed by atoms with Crippen LogP contribution in [0.1, 0.15) is 11.6 Å². The number of halogens is 1. The minimum Gasteiger partial charge on any atom is -0.467 e. The molecule has 3 aromatic rings. The molecule has 0 saturated heterocycles. The fourth-order valence-electron chi connectivity index (χ4n) is 2.03. The van der Waals surface area contributed by atoms with E-state index in [1.165, 1.54) is 0 Å². The van der Waals surface area contributed by atoms with Gasteiger partial charge in [0.2, 0.25) is 0 Å². The molecule has 1 aromatic carbocycles. The molecule has 0 unspecified atom stereocenters.